The lowest BCUT2D eigenvalue weighted by molar-refractivity contribution is -0.123. The summed E-state index contributed by atoms with van der Waals surface area (Å²) in [5.74, 6) is -1.31. The van der Waals surface area contributed by atoms with Crippen molar-refractivity contribution in [1.82, 2.24) is 5.32 Å². The molecule has 2 atom stereocenters. The smallest absolute Gasteiger partial charge is 0.217 e. The van der Waals surface area contributed by atoms with Gasteiger partial charge in [-0.3, -0.25) is 10.5 Å². The highest BCUT2D eigenvalue weighted by Crippen LogP contribution is 2.31. The quantitative estimate of drug-likeness (QED) is 0.825. The van der Waals surface area contributed by atoms with Crippen LogP contribution in [0.2, 0.25) is 19.6 Å². The van der Waals surface area contributed by atoms with Crippen molar-refractivity contribution in [3.05, 3.63) is 29.3 Å². The van der Waals surface area contributed by atoms with Gasteiger partial charge in [-0.1, -0.05) is 19.6 Å². The molecule has 0 radical (unpaired) electrons. The van der Waals surface area contributed by atoms with Gasteiger partial charge in [-0.2, -0.15) is 0 Å². The highest BCUT2D eigenvalue weighted by atomic mass is 28.3. The highest BCUT2D eigenvalue weighted by Gasteiger charge is 2.38. The molecule has 0 aliphatic carbocycles. The molecule has 1 aliphatic rings. The van der Waals surface area contributed by atoms with E-state index < -0.39 is 25.4 Å². The number of nitrogens with one attached hydrogen (secondary N) is 1. The van der Waals surface area contributed by atoms with Gasteiger partial charge in [-0.25, -0.2) is 8.78 Å². The lowest BCUT2D eigenvalue weighted by Gasteiger charge is -2.38. The number of nitrogens with two attached hydrogens (primary N) is 1. The fraction of sp³-hybridized carbons (Fsp3) is 0.562. The van der Waals surface area contributed by atoms with Crippen LogP contribution >= 0.6 is 0 Å². The molecule has 1 aliphatic heterocycles. The van der Waals surface area contributed by atoms with E-state index in [0.29, 0.717) is 13.0 Å². The summed E-state index contributed by atoms with van der Waals surface area (Å²) in [6, 6.07) is 2.37. The van der Waals surface area contributed by atoms with Crippen LogP contribution in [0.3, 0.4) is 0 Å². The van der Waals surface area contributed by atoms with Gasteiger partial charge in [0.05, 0.1) is 14.7 Å². The number of amides is 1. The Bertz CT molecular complexity index is 596. The number of carbonyl (C=O) groups is 1. The maximum absolute atomic E-state index is 14.5. The first-order chi connectivity index (χ1) is 10.5. The topological polar surface area (TPSA) is 64.3 Å². The molecule has 3 N–H and O–H groups in total. The first-order valence-corrected chi connectivity index (χ1v) is 11.2. The Kier molecular flexibility index (Phi) is 4.94. The van der Waals surface area contributed by atoms with E-state index in [0.717, 1.165) is 0 Å². The van der Waals surface area contributed by atoms with E-state index in [1.54, 1.807) is 0 Å². The minimum atomic E-state index is -2.14. The number of halogens is 2. The molecule has 1 fully saturated rings. The Morgan fingerprint density at radius 1 is 1.35 bits per heavy atom. The van der Waals surface area contributed by atoms with Crippen molar-refractivity contribution in [3.63, 3.8) is 0 Å². The Morgan fingerprint density at radius 2 is 1.91 bits per heavy atom. The summed E-state index contributed by atoms with van der Waals surface area (Å²) < 4.78 is 34.5. The highest BCUT2D eigenvalue weighted by molar-refractivity contribution is 6.88. The molecule has 0 bridgehead atoms. The largest absolute Gasteiger partial charge is 0.356 e. The summed E-state index contributed by atoms with van der Waals surface area (Å²) >= 11 is 0. The Balaban J connectivity index is 2.35. The SMILES string of the molecule is CC(=O)NC1CCOC(N)(c2cc(F)c([Si](C)(C)C)c(F)c2)C1. The Hall–Kier alpha value is -1.31. The number of hydrogen-bond donors (Lipinski definition) is 2. The fourth-order valence-corrected chi connectivity index (χ4v) is 4.63. The van der Waals surface area contributed by atoms with Crippen molar-refractivity contribution in [3.8, 4) is 0 Å². The van der Waals surface area contributed by atoms with Crippen molar-refractivity contribution in [2.24, 2.45) is 5.73 Å². The Morgan fingerprint density at radius 3 is 2.39 bits per heavy atom. The third-order valence-corrected chi connectivity index (χ3v) is 6.04. The van der Waals surface area contributed by atoms with Crippen LogP contribution in [0.1, 0.15) is 25.3 Å². The maximum Gasteiger partial charge on any atom is 0.217 e. The van der Waals surface area contributed by atoms with Gasteiger partial charge in [0.25, 0.3) is 0 Å². The molecule has 1 amide bonds. The van der Waals surface area contributed by atoms with Crippen LogP contribution < -0.4 is 16.2 Å². The summed E-state index contributed by atoms with van der Waals surface area (Å²) in [6.07, 6.45) is 0.897. The van der Waals surface area contributed by atoms with Crippen LogP contribution in [0.15, 0.2) is 12.1 Å². The fourth-order valence-electron chi connectivity index (χ4n) is 3.06. The zero-order chi connectivity index (χ0) is 17.4. The lowest BCUT2D eigenvalue weighted by atomic mass is 9.91. The molecule has 0 spiro atoms. The van der Waals surface area contributed by atoms with Crippen LogP contribution in [-0.2, 0) is 15.3 Å². The van der Waals surface area contributed by atoms with Gasteiger partial charge in [-0.15, -0.1) is 0 Å². The van der Waals surface area contributed by atoms with Crippen LogP contribution in [0, 0.1) is 11.6 Å². The summed E-state index contributed by atoms with van der Waals surface area (Å²) in [4.78, 5) is 11.2. The number of rotatable bonds is 3. The maximum atomic E-state index is 14.5. The first-order valence-electron chi connectivity index (χ1n) is 7.73. The third-order valence-electron chi connectivity index (χ3n) is 4.06. The van der Waals surface area contributed by atoms with Crippen LogP contribution in [0.5, 0.6) is 0 Å². The van der Waals surface area contributed by atoms with Gasteiger partial charge in [-0.05, 0) is 18.6 Å². The third kappa shape index (κ3) is 3.96. The zero-order valence-electron chi connectivity index (χ0n) is 14.0. The molecular weight excluding hydrogens is 318 g/mol. The summed E-state index contributed by atoms with van der Waals surface area (Å²) in [5.41, 5.74) is 5.22. The molecule has 23 heavy (non-hydrogen) atoms. The first kappa shape index (κ1) is 18.0. The van der Waals surface area contributed by atoms with Gasteiger partial charge in [0.1, 0.15) is 17.4 Å². The molecule has 1 saturated heterocycles. The van der Waals surface area contributed by atoms with Crippen molar-refractivity contribution < 1.29 is 18.3 Å². The number of hydrogen-bond acceptors (Lipinski definition) is 3. The molecule has 2 unspecified atom stereocenters. The monoisotopic (exact) mass is 342 g/mol. The van der Waals surface area contributed by atoms with E-state index in [9.17, 15) is 13.6 Å². The van der Waals surface area contributed by atoms with Crippen molar-refractivity contribution >= 4 is 19.2 Å². The molecule has 7 heteroatoms. The summed E-state index contributed by atoms with van der Waals surface area (Å²) in [6.45, 7) is 7.40. The molecule has 0 aromatic heterocycles. The van der Waals surface area contributed by atoms with E-state index in [1.807, 2.05) is 19.6 Å². The van der Waals surface area contributed by atoms with Gasteiger partial charge in [0.15, 0.2) is 0 Å². The van der Waals surface area contributed by atoms with E-state index in [2.05, 4.69) is 5.32 Å². The minimum Gasteiger partial charge on any atom is -0.356 e. The molecule has 0 saturated carbocycles. The van der Waals surface area contributed by atoms with Crippen molar-refractivity contribution in [1.29, 1.82) is 0 Å². The average molecular weight is 342 g/mol. The predicted molar refractivity (Wildman–Crippen MR) is 88.0 cm³/mol. The normalized spacial score (nSPS) is 25.3. The molecule has 2 rings (SSSR count). The van der Waals surface area contributed by atoms with E-state index >= 15 is 0 Å². The van der Waals surface area contributed by atoms with Crippen molar-refractivity contribution in [2.45, 2.75) is 51.2 Å². The predicted octanol–water partition coefficient (Wildman–Crippen LogP) is 1.94. The Labute approximate surface area is 136 Å². The van der Waals surface area contributed by atoms with Crippen LogP contribution in [0.4, 0.5) is 8.78 Å². The summed E-state index contributed by atoms with van der Waals surface area (Å²) in [5, 5.41) is 2.96. The molecule has 1 heterocycles. The molecule has 1 aromatic rings. The van der Waals surface area contributed by atoms with Crippen LogP contribution in [-0.4, -0.2) is 26.6 Å². The molecule has 4 nitrogen and oxygen atoms in total. The number of carbonyl (C=O) groups excluding carboxylic acids is 1. The number of benzene rings is 1. The molecule has 128 valence electrons. The van der Waals surface area contributed by atoms with Crippen LogP contribution in [0.25, 0.3) is 0 Å². The van der Waals surface area contributed by atoms with E-state index in [1.165, 1.54) is 19.1 Å². The second kappa shape index (κ2) is 6.30. The average Bonchev–Trinajstić information content (AvgIpc) is 2.35. The minimum absolute atomic E-state index is 0.161. The van der Waals surface area contributed by atoms with E-state index in [-0.39, 0.29) is 29.1 Å². The van der Waals surface area contributed by atoms with E-state index in [4.69, 9.17) is 10.5 Å². The zero-order valence-corrected chi connectivity index (χ0v) is 15.0. The second-order valence-corrected chi connectivity index (χ2v) is 12.2. The molecular formula is C16H24F2N2O2Si. The van der Waals surface area contributed by atoms with Gasteiger partial charge >= 0.3 is 0 Å². The second-order valence-electron chi connectivity index (χ2n) is 7.19. The van der Waals surface area contributed by atoms with Crippen molar-refractivity contribution in [2.75, 3.05) is 6.61 Å². The van der Waals surface area contributed by atoms with Gasteiger partial charge < -0.3 is 10.1 Å². The number of ether oxygens (including phenoxy) is 1. The van der Waals surface area contributed by atoms with Gasteiger partial charge in [0, 0.05) is 30.1 Å². The van der Waals surface area contributed by atoms with Gasteiger partial charge in [0.2, 0.25) is 5.91 Å². The molecule has 1 aromatic carbocycles. The standard InChI is InChI=1S/C16H24F2N2O2Si/c1-10(21)20-12-5-6-22-16(19,9-12)11-7-13(17)15(14(18)8-11)23(2,3)4/h7-8,12H,5-6,9,19H2,1-4H3,(H,20,21). The lowest BCUT2D eigenvalue weighted by Crippen LogP contribution is -2.52. The summed E-state index contributed by atoms with van der Waals surface area (Å²) in [7, 11) is -2.14.